The van der Waals surface area contributed by atoms with E-state index in [9.17, 15) is 4.79 Å². The Hall–Kier alpha value is -2.08. The maximum atomic E-state index is 11.6. The molecule has 15 heavy (non-hydrogen) atoms. The molecule has 0 atom stereocenters. The average molecular weight is 198 g/mol. The first-order chi connectivity index (χ1) is 7.27. The topological polar surface area (TPSA) is 45.8 Å². The molecule has 3 heteroatoms. The molecule has 2 aromatic rings. The summed E-state index contributed by atoms with van der Waals surface area (Å²) in [4.78, 5) is 11.6. The van der Waals surface area contributed by atoms with E-state index in [1.807, 2.05) is 31.2 Å². The first-order valence-electron chi connectivity index (χ1n) is 4.81. The molecule has 0 unspecified atom stereocenters. The molecule has 1 aromatic carbocycles. The Bertz CT molecular complexity index is 560. The molecule has 0 fully saturated rings. The van der Waals surface area contributed by atoms with Crippen molar-refractivity contribution in [1.82, 2.24) is 4.57 Å². The summed E-state index contributed by atoms with van der Waals surface area (Å²) in [5.41, 5.74) is 1.35. The number of benzene rings is 1. The van der Waals surface area contributed by atoms with Gasteiger partial charge in [-0.1, -0.05) is 25.1 Å². The van der Waals surface area contributed by atoms with Gasteiger partial charge in [-0.25, -0.2) is 0 Å². The molecule has 3 nitrogen and oxygen atoms in total. The Morgan fingerprint density at radius 1 is 1.47 bits per heavy atom. The summed E-state index contributed by atoms with van der Waals surface area (Å²) in [7, 11) is 0. The summed E-state index contributed by atoms with van der Waals surface area (Å²) in [6.45, 7) is 1.81. The fourth-order valence-corrected chi connectivity index (χ4v) is 1.65. The molecule has 0 aliphatic heterocycles. The van der Waals surface area contributed by atoms with Crippen molar-refractivity contribution in [3.8, 4) is 6.07 Å². The predicted molar refractivity (Wildman–Crippen MR) is 57.6 cm³/mol. The zero-order valence-electron chi connectivity index (χ0n) is 8.40. The quantitative estimate of drug-likeness (QED) is 0.706. The van der Waals surface area contributed by atoms with Crippen molar-refractivity contribution in [1.29, 1.82) is 5.26 Å². The summed E-state index contributed by atoms with van der Waals surface area (Å²) in [5, 5.41) is 9.76. The van der Waals surface area contributed by atoms with Crippen LogP contribution in [0.3, 0.4) is 0 Å². The summed E-state index contributed by atoms with van der Waals surface area (Å²) in [6, 6.07) is 9.53. The number of carbonyl (C=O) groups is 1. The molecule has 0 N–H and O–H groups in total. The lowest BCUT2D eigenvalue weighted by Gasteiger charge is -1.99. The third-order valence-corrected chi connectivity index (χ3v) is 2.40. The fraction of sp³-hybridized carbons (Fsp3) is 0.167. The minimum Gasteiger partial charge on any atom is -0.286 e. The van der Waals surface area contributed by atoms with Gasteiger partial charge in [0.2, 0.25) is 5.91 Å². The minimum atomic E-state index is 0.00713. The van der Waals surface area contributed by atoms with Crippen molar-refractivity contribution in [2.75, 3.05) is 0 Å². The van der Waals surface area contributed by atoms with Crippen molar-refractivity contribution in [2.24, 2.45) is 0 Å². The highest BCUT2D eigenvalue weighted by atomic mass is 16.1. The van der Waals surface area contributed by atoms with Crippen molar-refractivity contribution in [3.05, 3.63) is 36.0 Å². The Kier molecular flexibility index (Phi) is 2.26. The third kappa shape index (κ3) is 1.40. The molecule has 0 bridgehead atoms. The number of nitrogens with zero attached hydrogens (tertiary/aromatic N) is 2. The van der Waals surface area contributed by atoms with Crippen LogP contribution in [0.4, 0.5) is 0 Å². The summed E-state index contributed by atoms with van der Waals surface area (Å²) >= 11 is 0. The number of fused-ring (bicyclic) bond motifs is 1. The van der Waals surface area contributed by atoms with E-state index in [0.717, 1.165) is 10.9 Å². The van der Waals surface area contributed by atoms with E-state index in [1.54, 1.807) is 10.8 Å². The maximum Gasteiger partial charge on any atom is 0.230 e. The molecule has 1 aromatic heterocycles. The number of rotatable bonds is 1. The molecule has 0 aliphatic carbocycles. The number of hydrogen-bond donors (Lipinski definition) is 0. The molecular formula is C12H10N2O. The number of carbonyl (C=O) groups excluding carboxylic acids is 1. The summed E-state index contributed by atoms with van der Waals surface area (Å²) in [6.07, 6.45) is 2.04. The Morgan fingerprint density at radius 3 is 2.87 bits per heavy atom. The first kappa shape index (κ1) is 9.47. The predicted octanol–water partition coefficient (Wildman–Crippen LogP) is 2.56. The van der Waals surface area contributed by atoms with E-state index in [4.69, 9.17) is 5.26 Å². The second kappa shape index (κ2) is 3.58. The van der Waals surface area contributed by atoms with Gasteiger partial charge in [-0.3, -0.25) is 9.36 Å². The van der Waals surface area contributed by atoms with Gasteiger partial charge in [0.05, 0.1) is 11.1 Å². The van der Waals surface area contributed by atoms with Crippen LogP contribution in [0.25, 0.3) is 10.9 Å². The Balaban J connectivity index is 2.77. The van der Waals surface area contributed by atoms with Gasteiger partial charge >= 0.3 is 0 Å². The lowest BCUT2D eigenvalue weighted by Crippen LogP contribution is -2.06. The SMILES string of the molecule is CCC(=O)n1cc(C#N)c2ccccc21. The highest BCUT2D eigenvalue weighted by molar-refractivity contribution is 5.95. The second-order valence-electron chi connectivity index (χ2n) is 3.29. The molecule has 2 rings (SSSR count). The minimum absolute atomic E-state index is 0.00713. The van der Waals surface area contributed by atoms with E-state index in [1.165, 1.54) is 0 Å². The Morgan fingerprint density at radius 2 is 2.20 bits per heavy atom. The van der Waals surface area contributed by atoms with Crippen LogP contribution < -0.4 is 0 Å². The number of nitriles is 1. The first-order valence-corrected chi connectivity index (χ1v) is 4.81. The lowest BCUT2D eigenvalue weighted by atomic mass is 10.2. The number of hydrogen-bond acceptors (Lipinski definition) is 2. The highest BCUT2D eigenvalue weighted by Gasteiger charge is 2.10. The normalized spacial score (nSPS) is 10.1. The van der Waals surface area contributed by atoms with Crippen LogP contribution in [0.15, 0.2) is 30.5 Å². The standard InChI is InChI=1S/C12H10N2O/c1-2-12(15)14-8-9(7-13)10-5-3-4-6-11(10)14/h3-6,8H,2H2,1H3. The van der Waals surface area contributed by atoms with E-state index in [2.05, 4.69) is 6.07 Å². The van der Waals surface area contributed by atoms with E-state index < -0.39 is 0 Å². The molecule has 0 saturated carbocycles. The monoisotopic (exact) mass is 198 g/mol. The third-order valence-electron chi connectivity index (χ3n) is 2.40. The summed E-state index contributed by atoms with van der Waals surface area (Å²) < 4.78 is 1.55. The lowest BCUT2D eigenvalue weighted by molar-refractivity contribution is 0.0914. The fourth-order valence-electron chi connectivity index (χ4n) is 1.65. The molecule has 0 spiro atoms. The molecule has 0 radical (unpaired) electrons. The molecular weight excluding hydrogens is 188 g/mol. The van der Waals surface area contributed by atoms with Crippen LogP contribution in [0.1, 0.15) is 23.7 Å². The van der Waals surface area contributed by atoms with Gasteiger partial charge < -0.3 is 0 Å². The Labute approximate surface area is 87.5 Å². The average Bonchev–Trinajstić information content (AvgIpc) is 2.67. The van der Waals surface area contributed by atoms with Crippen molar-refractivity contribution < 1.29 is 4.79 Å². The maximum absolute atomic E-state index is 11.6. The van der Waals surface area contributed by atoms with Crippen LogP contribution in [-0.2, 0) is 0 Å². The van der Waals surface area contributed by atoms with Gasteiger partial charge in [0.1, 0.15) is 6.07 Å². The zero-order valence-corrected chi connectivity index (χ0v) is 8.40. The molecule has 1 heterocycles. The molecule has 0 saturated heterocycles. The van der Waals surface area contributed by atoms with Gasteiger partial charge in [0, 0.05) is 18.0 Å². The smallest absolute Gasteiger partial charge is 0.230 e. The van der Waals surface area contributed by atoms with E-state index >= 15 is 0 Å². The van der Waals surface area contributed by atoms with Gasteiger partial charge in [-0.2, -0.15) is 5.26 Å². The van der Waals surface area contributed by atoms with Crippen molar-refractivity contribution >= 4 is 16.8 Å². The largest absolute Gasteiger partial charge is 0.286 e. The van der Waals surface area contributed by atoms with Crippen LogP contribution in [-0.4, -0.2) is 10.5 Å². The van der Waals surface area contributed by atoms with Crippen LogP contribution >= 0.6 is 0 Å². The van der Waals surface area contributed by atoms with Crippen LogP contribution in [0, 0.1) is 11.3 Å². The van der Waals surface area contributed by atoms with Crippen molar-refractivity contribution in [3.63, 3.8) is 0 Å². The van der Waals surface area contributed by atoms with Crippen LogP contribution in [0.2, 0.25) is 0 Å². The van der Waals surface area contributed by atoms with Gasteiger partial charge in [0.25, 0.3) is 0 Å². The van der Waals surface area contributed by atoms with Gasteiger partial charge in [-0.15, -0.1) is 0 Å². The van der Waals surface area contributed by atoms with Crippen molar-refractivity contribution in [2.45, 2.75) is 13.3 Å². The van der Waals surface area contributed by atoms with Gasteiger partial charge in [-0.05, 0) is 6.07 Å². The second-order valence-corrected chi connectivity index (χ2v) is 3.29. The van der Waals surface area contributed by atoms with Crippen LogP contribution in [0.5, 0.6) is 0 Å². The highest BCUT2D eigenvalue weighted by Crippen LogP contribution is 2.20. The number of para-hydroxylation sites is 1. The van der Waals surface area contributed by atoms with E-state index in [0.29, 0.717) is 12.0 Å². The molecule has 74 valence electrons. The van der Waals surface area contributed by atoms with E-state index in [-0.39, 0.29) is 5.91 Å². The van der Waals surface area contributed by atoms with Gasteiger partial charge in [0.15, 0.2) is 0 Å². The molecule has 0 amide bonds. The summed E-state index contributed by atoms with van der Waals surface area (Å²) in [5.74, 6) is 0.00713. The molecule has 0 aliphatic rings. The number of aromatic nitrogens is 1. The zero-order chi connectivity index (χ0) is 10.8.